The van der Waals surface area contributed by atoms with E-state index in [0.29, 0.717) is 43.3 Å². The van der Waals surface area contributed by atoms with Gasteiger partial charge in [-0.05, 0) is 36.6 Å². The van der Waals surface area contributed by atoms with Crippen LogP contribution in [0.2, 0.25) is 0 Å². The lowest BCUT2D eigenvalue weighted by Gasteiger charge is -2.16. The summed E-state index contributed by atoms with van der Waals surface area (Å²) in [5.74, 6) is 0.124. The van der Waals surface area contributed by atoms with Gasteiger partial charge in [0.1, 0.15) is 5.69 Å². The second-order valence-electron chi connectivity index (χ2n) is 6.47. The number of carbonyl (C=O) groups is 1. The van der Waals surface area contributed by atoms with Gasteiger partial charge in [-0.3, -0.25) is 14.9 Å². The van der Waals surface area contributed by atoms with Crippen LogP contribution in [0.1, 0.15) is 22.3 Å². The number of rotatable bonds is 6. The number of nitrogens with zero attached hydrogens (tertiary/aromatic N) is 2. The minimum absolute atomic E-state index is 0. The fourth-order valence-corrected chi connectivity index (χ4v) is 3.15. The molecule has 0 aliphatic carbocycles. The number of likely N-dealkylation sites (tertiary alicyclic amines) is 1. The zero-order chi connectivity index (χ0) is 18.5. The van der Waals surface area contributed by atoms with E-state index in [-0.39, 0.29) is 24.0 Å². The molecule has 1 unspecified atom stereocenters. The molecule has 1 aliphatic heterocycles. The maximum atomic E-state index is 12.6. The molecule has 0 radical (unpaired) electrons. The smallest absolute Gasteiger partial charge is 0.293 e. The molecule has 1 atom stereocenters. The molecule has 0 spiro atoms. The van der Waals surface area contributed by atoms with Crippen LogP contribution in [0, 0.1) is 16.0 Å². The Kier molecular flexibility index (Phi) is 7.15. The summed E-state index contributed by atoms with van der Waals surface area (Å²) in [5, 5.41) is 14.5. The van der Waals surface area contributed by atoms with E-state index in [4.69, 9.17) is 5.73 Å². The lowest BCUT2D eigenvalue weighted by atomic mass is 10.1. The maximum Gasteiger partial charge on any atom is 0.293 e. The third-order valence-corrected chi connectivity index (χ3v) is 4.67. The molecule has 27 heavy (non-hydrogen) atoms. The molecule has 144 valence electrons. The first-order chi connectivity index (χ1) is 12.6. The Hall–Kier alpha value is -2.64. The van der Waals surface area contributed by atoms with Crippen LogP contribution in [-0.4, -0.2) is 35.4 Å². The molecule has 1 amide bonds. The van der Waals surface area contributed by atoms with Gasteiger partial charge in [0.25, 0.3) is 11.6 Å². The number of nitro benzene ring substituents is 1. The second kappa shape index (κ2) is 9.34. The number of hydrogen-bond acceptors (Lipinski definition) is 5. The van der Waals surface area contributed by atoms with Gasteiger partial charge in [0.2, 0.25) is 0 Å². The molecular weight excluding hydrogens is 368 g/mol. The summed E-state index contributed by atoms with van der Waals surface area (Å²) in [6, 6.07) is 14.2. The summed E-state index contributed by atoms with van der Waals surface area (Å²) < 4.78 is 0. The van der Waals surface area contributed by atoms with Crippen molar-refractivity contribution in [1.29, 1.82) is 0 Å². The zero-order valence-electron chi connectivity index (χ0n) is 14.8. The van der Waals surface area contributed by atoms with E-state index >= 15 is 0 Å². The lowest BCUT2D eigenvalue weighted by Crippen LogP contribution is -2.29. The number of carbonyl (C=O) groups excluding carboxylic acids is 1. The molecule has 2 aromatic rings. The highest BCUT2D eigenvalue weighted by atomic mass is 35.5. The monoisotopic (exact) mass is 390 g/mol. The van der Waals surface area contributed by atoms with Crippen molar-refractivity contribution in [2.75, 3.05) is 25.0 Å². The SMILES string of the molecule is Cl.NCC1CCN(C(=O)c2ccc(NCc3ccccc3)c([N+](=O)[O-])c2)C1. The van der Waals surface area contributed by atoms with Gasteiger partial charge >= 0.3 is 0 Å². The van der Waals surface area contributed by atoms with Gasteiger partial charge in [-0.25, -0.2) is 0 Å². The standard InChI is InChI=1S/C19H22N4O3.ClH/c20-11-15-8-9-22(13-15)19(24)16-6-7-17(18(10-16)23(25)26)21-12-14-4-2-1-3-5-14;/h1-7,10,15,21H,8-9,11-13,20H2;1H. The van der Waals surface area contributed by atoms with Gasteiger partial charge in [0.05, 0.1) is 4.92 Å². The van der Waals surface area contributed by atoms with E-state index in [0.717, 1.165) is 12.0 Å². The van der Waals surface area contributed by atoms with Crippen LogP contribution in [0.25, 0.3) is 0 Å². The first-order valence-electron chi connectivity index (χ1n) is 8.64. The molecule has 1 fully saturated rings. The van der Waals surface area contributed by atoms with Crippen LogP contribution in [0.5, 0.6) is 0 Å². The Morgan fingerprint density at radius 2 is 2.00 bits per heavy atom. The summed E-state index contributed by atoms with van der Waals surface area (Å²) in [7, 11) is 0. The number of amides is 1. The van der Waals surface area contributed by atoms with Crippen LogP contribution >= 0.6 is 12.4 Å². The Balaban J connectivity index is 0.00000261. The molecule has 0 bridgehead atoms. The highest BCUT2D eigenvalue weighted by Crippen LogP contribution is 2.27. The quantitative estimate of drug-likeness (QED) is 0.583. The van der Waals surface area contributed by atoms with Crippen molar-refractivity contribution in [3.8, 4) is 0 Å². The molecule has 2 aromatic carbocycles. The van der Waals surface area contributed by atoms with E-state index in [2.05, 4.69) is 5.32 Å². The van der Waals surface area contributed by atoms with E-state index < -0.39 is 4.92 Å². The molecule has 0 saturated carbocycles. The summed E-state index contributed by atoms with van der Waals surface area (Å²) in [4.78, 5) is 25.3. The Morgan fingerprint density at radius 3 is 2.63 bits per heavy atom. The van der Waals surface area contributed by atoms with Gasteiger partial charge in [0, 0.05) is 31.3 Å². The van der Waals surface area contributed by atoms with E-state index in [1.165, 1.54) is 6.07 Å². The minimum Gasteiger partial charge on any atom is -0.375 e. The van der Waals surface area contributed by atoms with Gasteiger partial charge < -0.3 is 16.0 Å². The highest BCUT2D eigenvalue weighted by Gasteiger charge is 2.27. The molecule has 1 aliphatic rings. The number of nitrogens with one attached hydrogen (secondary N) is 1. The normalized spacial score (nSPS) is 15.9. The van der Waals surface area contributed by atoms with Crippen LogP contribution in [-0.2, 0) is 6.54 Å². The van der Waals surface area contributed by atoms with Crippen molar-refractivity contribution in [3.63, 3.8) is 0 Å². The summed E-state index contributed by atoms with van der Waals surface area (Å²) >= 11 is 0. The fraction of sp³-hybridized carbons (Fsp3) is 0.316. The van der Waals surface area contributed by atoms with Crippen LogP contribution in [0.4, 0.5) is 11.4 Å². The zero-order valence-corrected chi connectivity index (χ0v) is 15.7. The first-order valence-corrected chi connectivity index (χ1v) is 8.64. The topological polar surface area (TPSA) is 102 Å². The predicted molar refractivity (Wildman–Crippen MR) is 107 cm³/mol. The third kappa shape index (κ3) is 4.96. The van der Waals surface area contributed by atoms with E-state index in [1.54, 1.807) is 17.0 Å². The van der Waals surface area contributed by atoms with Crippen molar-refractivity contribution in [1.82, 2.24) is 4.90 Å². The van der Waals surface area contributed by atoms with Gasteiger partial charge in [-0.1, -0.05) is 30.3 Å². The van der Waals surface area contributed by atoms with Crippen molar-refractivity contribution >= 4 is 29.7 Å². The van der Waals surface area contributed by atoms with Crippen molar-refractivity contribution < 1.29 is 9.72 Å². The van der Waals surface area contributed by atoms with Crippen molar-refractivity contribution in [3.05, 3.63) is 69.8 Å². The number of benzene rings is 2. The lowest BCUT2D eigenvalue weighted by molar-refractivity contribution is -0.384. The van der Waals surface area contributed by atoms with Gasteiger partial charge in [-0.2, -0.15) is 0 Å². The summed E-state index contributed by atoms with van der Waals surface area (Å²) in [6.07, 6.45) is 0.876. The molecule has 3 rings (SSSR count). The number of hydrogen-bond donors (Lipinski definition) is 2. The molecule has 1 saturated heterocycles. The van der Waals surface area contributed by atoms with Crippen LogP contribution in [0.3, 0.4) is 0 Å². The predicted octanol–water partition coefficient (Wildman–Crippen LogP) is 3.05. The van der Waals surface area contributed by atoms with Crippen LogP contribution in [0.15, 0.2) is 48.5 Å². The fourth-order valence-electron chi connectivity index (χ4n) is 3.15. The Labute approximate surface area is 164 Å². The minimum atomic E-state index is -0.462. The maximum absolute atomic E-state index is 12.6. The Morgan fingerprint density at radius 1 is 1.26 bits per heavy atom. The third-order valence-electron chi connectivity index (χ3n) is 4.67. The van der Waals surface area contributed by atoms with E-state index in [1.807, 2.05) is 30.3 Å². The Bertz CT molecular complexity index is 801. The molecule has 3 N–H and O–H groups in total. The highest BCUT2D eigenvalue weighted by molar-refractivity contribution is 5.96. The molecular formula is C19H23ClN4O3. The largest absolute Gasteiger partial charge is 0.375 e. The van der Waals surface area contributed by atoms with E-state index in [9.17, 15) is 14.9 Å². The second-order valence-corrected chi connectivity index (χ2v) is 6.47. The summed E-state index contributed by atoms with van der Waals surface area (Å²) in [5.41, 5.74) is 7.32. The van der Waals surface area contributed by atoms with Crippen LogP contribution < -0.4 is 11.1 Å². The average Bonchev–Trinajstić information content (AvgIpc) is 3.15. The molecule has 0 aromatic heterocycles. The number of nitro groups is 1. The molecule has 8 heteroatoms. The summed E-state index contributed by atoms with van der Waals surface area (Å²) in [6.45, 7) is 2.27. The number of anilines is 1. The van der Waals surface area contributed by atoms with Gasteiger partial charge in [-0.15, -0.1) is 12.4 Å². The number of halogens is 1. The van der Waals surface area contributed by atoms with Crippen molar-refractivity contribution in [2.45, 2.75) is 13.0 Å². The average molecular weight is 391 g/mol. The first kappa shape index (κ1) is 20.7. The molecule has 7 nitrogen and oxygen atoms in total. The molecule has 1 heterocycles. The number of nitrogens with two attached hydrogens (primary N) is 1. The van der Waals surface area contributed by atoms with Gasteiger partial charge in [0.15, 0.2) is 0 Å². The van der Waals surface area contributed by atoms with Crippen molar-refractivity contribution in [2.24, 2.45) is 11.7 Å².